The molecule has 3 rings (SSSR count). The summed E-state index contributed by atoms with van der Waals surface area (Å²) in [6.45, 7) is 7.96. The van der Waals surface area contributed by atoms with E-state index in [4.69, 9.17) is 9.57 Å². The van der Waals surface area contributed by atoms with Crippen LogP contribution in [0.4, 0.5) is 11.4 Å². The molecule has 1 atom stereocenters. The van der Waals surface area contributed by atoms with Gasteiger partial charge in [-0.25, -0.2) is 9.90 Å². The number of aryl methyl sites for hydroxylation is 2. The van der Waals surface area contributed by atoms with Crippen molar-refractivity contribution < 1.29 is 14.4 Å². The summed E-state index contributed by atoms with van der Waals surface area (Å²) in [5, 5.41) is 5.12. The van der Waals surface area contributed by atoms with Crippen molar-refractivity contribution in [2.24, 2.45) is 0 Å². The minimum atomic E-state index is -0.586. The van der Waals surface area contributed by atoms with Gasteiger partial charge < -0.3 is 10.1 Å². The SMILES string of the molecule is CC(=O)OC1=C(C)CN(c2ccc(C)cc2)O[C@@H]1Nc1ccc(C)cc1. The number of ether oxygens (including phenoxy) is 1. The van der Waals surface area contributed by atoms with Crippen molar-refractivity contribution >= 4 is 17.3 Å². The Labute approximate surface area is 154 Å². The molecule has 2 aromatic carbocycles. The van der Waals surface area contributed by atoms with E-state index in [1.54, 1.807) is 0 Å². The summed E-state index contributed by atoms with van der Waals surface area (Å²) in [5.41, 5.74) is 5.15. The van der Waals surface area contributed by atoms with E-state index in [9.17, 15) is 4.79 Å². The van der Waals surface area contributed by atoms with Crippen molar-refractivity contribution in [3.05, 3.63) is 71.0 Å². The van der Waals surface area contributed by atoms with Gasteiger partial charge in [-0.15, -0.1) is 0 Å². The van der Waals surface area contributed by atoms with Gasteiger partial charge in [-0.05, 0) is 50.6 Å². The predicted octanol–water partition coefficient (Wildman–Crippen LogP) is 4.33. The predicted molar refractivity (Wildman–Crippen MR) is 103 cm³/mol. The summed E-state index contributed by atoms with van der Waals surface area (Å²) in [5.74, 6) is 0.156. The number of hydroxylamine groups is 1. The summed E-state index contributed by atoms with van der Waals surface area (Å²) in [4.78, 5) is 17.7. The Balaban J connectivity index is 1.88. The maximum absolute atomic E-state index is 11.5. The first kappa shape index (κ1) is 18.0. The van der Waals surface area contributed by atoms with E-state index in [1.807, 2.05) is 74.4 Å². The number of hydrogen-bond donors (Lipinski definition) is 1. The van der Waals surface area contributed by atoms with Gasteiger partial charge in [0, 0.05) is 12.6 Å². The third-order valence-corrected chi connectivity index (χ3v) is 4.20. The maximum atomic E-state index is 11.5. The van der Waals surface area contributed by atoms with E-state index in [2.05, 4.69) is 5.32 Å². The van der Waals surface area contributed by atoms with Gasteiger partial charge >= 0.3 is 5.97 Å². The molecule has 26 heavy (non-hydrogen) atoms. The zero-order valence-corrected chi connectivity index (χ0v) is 15.6. The topological polar surface area (TPSA) is 50.8 Å². The molecule has 0 amide bonds. The first-order chi connectivity index (χ1) is 12.4. The van der Waals surface area contributed by atoms with Crippen LogP contribution in [-0.4, -0.2) is 18.7 Å². The van der Waals surface area contributed by atoms with Gasteiger partial charge in [-0.2, -0.15) is 0 Å². The zero-order valence-electron chi connectivity index (χ0n) is 15.6. The van der Waals surface area contributed by atoms with Crippen LogP contribution in [0.3, 0.4) is 0 Å². The lowest BCUT2D eigenvalue weighted by Gasteiger charge is -2.36. The molecule has 0 fully saturated rings. The number of nitrogens with zero attached hydrogens (tertiary/aromatic N) is 1. The Hall–Kier alpha value is -2.79. The van der Waals surface area contributed by atoms with E-state index >= 15 is 0 Å². The van der Waals surface area contributed by atoms with E-state index in [1.165, 1.54) is 18.1 Å². The molecule has 0 bridgehead atoms. The summed E-state index contributed by atoms with van der Waals surface area (Å²) < 4.78 is 5.44. The molecule has 2 aromatic rings. The Morgan fingerprint density at radius 1 is 1.04 bits per heavy atom. The van der Waals surface area contributed by atoms with Crippen molar-refractivity contribution in [1.82, 2.24) is 0 Å². The van der Waals surface area contributed by atoms with Gasteiger partial charge in [-0.1, -0.05) is 35.4 Å². The molecule has 0 spiro atoms. The molecule has 1 heterocycles. The quantitative estimate of drug-likeness (QED) is 0.830. The smallest absolute Gasteiger partial charge is 0.307 e. The van der Waals surface area contributed by atoms with Crippen molar-refractivity contribution in [3.63, 3.8) is 0 Å². The summed E-state index contributed by atoms with van der Waals surface area (Å²) in [6, 6.07) is 16.1. The molecule has 0 saturated carbocycles. The molecular weight excluding hydrogens is 328 g/mol. The first-order valence-electron chi connectivity index (χ1n) is 8.64. The third kappa shape index (κ3) is 4.24. The van der Waals surface area contributed by atoms with Crippen LogP contribution in [-0.2, 0) is 14.4 Å². The molecule has 0 unspecified atom stereocenters. The Morgan fingerprint density at radius 2 is 1.62 bits per heavy atom. The van der Waals surface area contributed by atoms with Crippen LogP contribution in [0.2, 0.25) is 0 Å². The lowest BCUT2D eigenvalue weighted by Crippen LogP contribution is -2.42. The molecule has 1 N–H and O–H groups in total. The van der Waals surface area contributed by atoms with E-state index in [0.29, 0.717) is 12.3 Å². The number of rotatable bonds is 4. The van der Waals surface area contributed by atoms with Gasteiger partial charge in [0.05, 0.1) is 12.2 Å². The highest BCUT2D eigenvalue weighted by molar-refractivity contribution is 5.68. The Morgan fingerprint density at radius 3 is 2.19 bits per heavy atom. The number of esters is 1. The summed E-state index contributed by atoms with van der Waals surface area (Å²) in [6.07, 6.45) is -0.586. The van der Waals surface area contributed by atoms with Crippen LogP contribution >= 0.6 is 0 Å². The highest BCUT2D eigenvalue weighted by Crippen LogP contribution is 2.28. The zero-order chi connectivity index (χ0) is 18.7. The number of nitrogens with one attached hydrogen (secondary N) is 1. The van der Waals surface area contributed by atoms with Crippen LogP contribution in [0.1, 0.15) is 25.0 Å². The first-order valence-corrected chi connectivity index (χ1v) is 8.64. The van der Waals surface area contributed by atoms with E-state index in [-0.39, 0.29) is 5.97 Å². The average Bonchev–Trinajstić information content (AvgIpc) is 2.60. The number of carbonyl (C=O) groups excluding carboxylic acids is 1. The molecule has 1 aliphatic rings. The van der Waals surface area contributed by atoms with Gasteiger partial charge in [-0.3, -0.25) is 4.79 Å². The Bertz CT molecular complexity index is 810. The molecule has 1 aliphatic heterocycles. The molecule has 0 saturated heterocycles. The second-order valence-electron chi connectivity index (χ2n) is 6.61. The molecule has 136 valence electrons. The number of benzene rings is 2. The fourth-order valence-corrected chi connectivity index (χ4v) is 2.78. The summed E-state index contributed by atoms with van der Waals surface area (Å²) >= 11 is 0. The third-order valence-electron chi connectivity index (χ3n) is 4.20. The highest BCUT2D eigenvalue weighted by Gasteiger charge is 2.30. The fraction of sp³-hybridized carbons (Fsp3) is 0.286. The normalized spacial score (nSPS) is 17.2. The second kappa shape index (κ2) is 7.62. The van der Waals surface area contributed by atoms with Crippen LogP contribution in [0.25, 0.3) is 0 Å². The van der Waals surface area contributed by atoms with Gasteiger partial charge in [0.1, 0.15) is 0 Å². The summed E-state index contributed by atoms with van der Waals surface area (Å²) in [7, 11) is 0. The van der Waals surface area contributed by atoms with Gasteiger partial charge in [0.15, 0.2) is 5.76 Å². The van der Waals surface area contributed by atoms with Gasteiger partial charge in [0.25, 0.3) is 0 Å². The maximum Gasteiger partial charge on any atom is 0.307 e. The largest absolute Gasteiger partial charge is 0.426 e. The average molecular weight is 352 g/mol. The minimum Gasteiger partial charge on any atom is -0.426 e. The van der Waals surface area contributed by atoms with E-state index < -0.39 is 6.23 Å². The van der Waals surface area contributed by atoms with Crippen molar-refractivity contribution in [2.75, 3.05) is 16.9 Å². The number of hydrogen-bond acceptors (Lipinski definition) is 5. The lowest BCUT2D eigenvalue weighted by atomic mass is 10.1. The molecule has 0 aliphatic carbocycles. The highest BCUT2D eigenvalue weighted by atomic mass is 16.7. The van der Waals surface area contributed by atoms with Crippen molar-refractivity contribution in [3.8, 4) is 0 Å². The molecule has 5 nitrogen and oxygen atoms in total. The van der Waals surface area contributed by atoms with Crippen molar-refractivity contribution in [2.45, 2.75) is 33.9 Å². The number of carbonyl (C=O) groups is 1. The van der Waals surface area contributed by atoms with Crippen LogP contribution in [0.5, 0.6) is 0 Å². The second-order valence-corrected chi connectivity index (χ2v) is 6.61. The standard InChI is InChI=1S/C21H24N2O3/c1-14-5-9-18(10-6-14)22-21-20(25-17(4)24)16(3)13-23(26-21)19-11-7-15(2)8-12-19/h5-12,21-22H,13H2,1-4H3/t21-/m0/s1. The van der Waals surface area contributed by atoms with E-state index in [0.717, 1.165) is 16.9 Å². The van der Waals surface area contributed by atoms with Crippen molar-refractivity contribution in [1.29, 1.82) is 0 Å². The fourth-order valence-electron chi connectivity index (χ4n) is 2.78. The number of anilines is 2. The minimum absolute atomic E-state index is 0.359. The Kier molecular flexibility index (Phi) is 5.28. The van der Waals surface area contributed by atoms with Crippen LogP contribution < -0.4 is 10.4 Å². The molecular formula is C21H24N2O3. The van der Waals surface area contributed by atoms with Crippen LogP contribution in [0, 0.1) is 13.8 Å². The molecule has 0 radical (unpaired) electrons. The molecule has 5 heteroatoms. The lowest BCUT2D eigenvalue weighted by molar-refractivity contribution is -0.139. The monoisotopic (exact) mass is 352 g/mol. The van der Waals surface area contributed by atoms with Gasteiger partial charge in [0.2, 0.25) is 6.23 Å². The molecule has 0 aromatic heterocycles. The van der Waals surface area contributed by atoms with Crippen LogP contribution in [0.15, 0.2) is 59.9 Å².